The predicted octanol–water partition coefficient (Wildman–Crippen LogP) is 7.35. The minimum Gasteiger partial charge on any atom is -0.497 e. The van der Waals surface area contributed by atoms with Gasteiger partial charge >= 0.3 is 5.97 Å². The first-order valence-electron chi connectivity index (χ1n) is 11.6. The number of hydrogen-bond donors (Lipinski definition) is 0. The number of esters is 1. The van der Waals surface area contributed by atoms with Crippen LogP contribution in [0.5, 0.6) is 5.75 Å². The van der Waals surface area contributed by atoms with Crippen LogP contribution in [-0.2, 0) is 22.7 Å². The number of aromatic nitrogens is 1. The molecule has 0 bridgehead atoms. The molecule has 0 saturated heterocycles. The molecule has 4 nitrogen and oxygen atoms in total. The van der Waals surface area contributed by atoms with E-state index >= 15 is 0 Å². The third-order valence-electron chi connectivity index (χ3n) is 6.40. The second-order valence-corrected chi connectivity index (χ2v) is 9.13. The summed E-state index contributed by atoms with van der Waals surface area (Å²) in [6.07, 6.45) is 0. The highest BCUT2D eigenvalue weighted by Gasteiger charge is 2.20. The molecule has 0 aliphatic heterocycles. The average Bonchev–Trinajstić information content (AvgIpc) is 3.19. The molecule has 35 heavy (non-hydrogen) atoms. The Morgan fingerprint density at radius 3 is 2.46 bits per heavy atom. The van der Waals surface area contributed by atoms with Crippen molar-refractivity contribution in [3.8, 4) is 5.75 Å². The van der Waals surface area contributed by atoms with Gasteiger partial charge in [0.05, 0.1) is 13.0 Å². The van der Waals surface area contributed by atoms with E-state index in [4.69, 9.17) is 21.1 Å². The van der Waals surface area contributed by atoms with E-state index in [1.165, 1.54) is 0 Å². The summed E-state index contributed by atoms with van der Waals surface area (Å²) in [6, 6.07) is 29.9. The molecule has 0 aliphatic rings. The monoisotopic (exact) mass is 483 g/mol. The molecule has 5 heteroatoms. The second-order valence-electron chi connectivity index (χ2n) is 8.69. The molecule has 176 valence electrons. The Kier molecular flexibility index (Phi) is 6.47. The summed E-state index contributed by atoms with van der Waals surface area (Å²) < 4.78 is 13.3. The van der Waals surface area contributed by atoms with Crippen LogP contribution in [0.15, 0.2) is 91.0 Å². The molecule has 0 aliphatic carbocycles. The van der Waals surface area contributed by atoms with Crippen LogP contribution in [0.3, 0.4) is 0 Å². The van der Waals surface area contributed by atoms with Crippen molar-refractivity contribution in [3.05, 3.63) is 113 Å². The number of hydrogen-bond acceptors (Lipinski definition) is 3. The van der Waals surface area contributed by atoms with Crippen LogP contribution in [-0.4, -0.2) is 17.6 Å². The largest absolute Gasteiger partial charge is 0.497 e. The molecular weight excluding hydrogens is 458 g/mol. The van der Waals surface area contributed by atoms with Gasteiger partial charge in [0.25, 0.3) is 0 Å². The molecule has 5 aromatic rings. The van der Waals surface area contributed by atoms with E-state index in [1.54, 1.807) is 7.11 Å². The molecule has 0 radical (unpaired) electrons. The normalized spacial score (nSPS) is 12.1. The zero-order valence-corrected chi connectivity index (χ0v) is 20.5. The van der Waals surface area contributed by atoms with Gasteiger partial charge in [0.15, 0.2) is 0 Å². The lowest BCUT2D eigenvalue weighted by atomic mass is 9.99. The molecule has 0 spiro atoms. The van der Waals surface area contributed by atoms with Crippen molar-refractivity contribution in [1.29, 1.82) is 0 Å². The van der Waals surface area contributed by atoms with Crippen molar-refractivity contribution in [1.82, 2.24) is 4.57 Å². The average molecular weight is 484 g/mol. The standard InChI is InChI=1S/C30H26ClNO3/c1-20(30(33)35-19-21-7-4-3-5-8-21)23-11-13-26-27-17-24(31)12-14-28(27)32(29(26)16-23)18-22-9-6-10-25(15-22)34-2/h3-17,20H,18-19H2,1-2H3. The maximum Gasteiger partial charge on any atom is 0.313 e. The van der Waals surface area contributed by atoms with E-state index < -0.39 is 5.92 Å². The quantitative estimate of drug-likeness (QED) is 0.227. The van der Waals surface area contributed by atoms with Gasteiger partial charge in [0.1, 0.15) is 12.4 Å². The van der Waals surface area contributed by atoms with Gasteiger partial charge < -0.3 is 14.0 Å². The highest BCUT2D eigenvalue weighted by Crippen LogP contribution is 2.34. The highest BCUT2D eigenvalue weighted by molar-refractivity contribution is 6.31. The Morgan fingerprint density at radius 2 is 1.66 bits per heavy atom. The van der Waals surface area contributed by atoms with Crippen LogP contribution < -0.4 is 4.74 Å². The topological polar surface area (TPSA) is 40.5 Å². The van der Waals surface area contributed by atoms with Gasteiger partial charge in [0, 0.05) is 33.4 Å². The summed E-state index contributed by atoms with van der Waals surface area (Å²) in [5, 5.41) is 2.88. The third kappa shape index (κ3) is 4.75. The van der Waals surface area contributed by atoms with Gasteiger partial charge in [-0.25, -0.2) is 0 Å². The molecule has 1 atom stereocenters. The van der Waals surface area contributed by atoms with Crippen molar-refractivity contribution >= 4 is 39.4 Å². The van der Waals surface area contributed by atoms with E-state index in [1.807, 2.05) is 73.7 Å². The molecule has 4 aromatic carbocycles. The Labute approximate surface area is 209 Å². The lowest BCUT2D eigenvalue weighted by Crippen LogP contribution is -2.13. The first-order chi connectivity index (χ1) is 17.0. The summed E-state index contributed by atoms with van der Waals surface area (Å²) in [5.41, 5.74) is 5.14. The fraction of sp³-hybridized carbons (Fsp3) is 0.167. The van der Waals surface area contributed by atoms with Gasteiger partial charge in [-0.05, 0) is 60.0 Å². The highest BCUT2D eigenvalue weighted by atomic mass is 35.5. The van der Waals surface area contributed by atoms with Gasteiger partial charge in [-0.15, -0.1) is 0 Å². The van der Waals surface area contributed by atoms with Crippen LogP contribution in [0.2, 0.25) is 5.02 Å². The molecule has 1 unspecified atom stereocenters. The maximum atomic E-state index is 12.9. The lowest BCUT2D eigenvalue weighted by Gasteiger charge is -2.14. The fourth-order valence-corrected chi connectivity index (χ4v) is 4.64. The number of halogens is 1. The van der Waals surface area contributed by atoms with Crippen molar-refractivity contribution < 1.29 is 14.3 Å². The lowest BCUT2D eigenvalue weighted by molar-refractivity contribution is -0.146. The predicted molar refractivity (Wildman–Crippen MR) is 141 cm³/mol. The SMILES string of the molecule is COc1cccc(Cn2c3ccc(Cl)cc3c3ccc(C(C)C(=O)OCc4ccccc4)cc32)c1. The van der Waals surface area contributed by atoms with Gasteiger partial charge in [-0.3, -0.25) is 4.79 Å². The first kappa shape index (κ1) is 23.0. The number of fused-ring (bicyclic) bond motifs is 3. The summed E-state index contributed by atoms with van der Waals surface area (Å²) in [4.78, 5) is 12.9. The molecule has 0 saturated carbocycles. The van der Waals surface area contributed by atoms with Crippen LogP contribution in [0.1, 0.15) is 29.5 Å². The number of rotatable bonds is 7. The maximum absolute atomic E-state index is 12.9. The Hall–Kier alpha value is -3.76. The van der Waals surface area contributed by atoms with Crippen molar-refractivity contribution in [2.24, 2.45) is 0 Å². The van der Waals surface area contributed by atoms with Crippen molar-refractivity contribution in [2.45, 2.75) is 26.0 Å². The Balaban J connectivity index is 1.51. The summed E-state index contributed by atoms with van der Waals surface area (Å²) >= 11 is 6.35. The molecular formula is C30H26ClNO3. The van der Waals surface area contributed by atoms with Crippen LogP contribution in [0.25, 0.3) is 21.8 Å². The number of nitrogens with zero attached hydrogens (tertiary/aromatic N) is 1. The van der Waals surface area contributed by atoms with Gasteiger partial charge in [0.2, 0.25) is 0 Å². The summed E-state index contributed by atoms with van der Waals surface area (Å²) in [7, 11) is 1.67. The van der Waals surface area contributed by atoms with Gasteiger partial charge in [-0.2, -0.15) is 0 Å². The molecule has 1 aromatic heterocycles. The van der Waals surface area contributed by atoms with Crippen LogP contribution >= 0.6 is 11.6 Å². The minimum absolute atomic E-state index is 0.244. The third-order valence-corrected chi connectivity index (χ3v) is 6.64. The molecule has 0 amide bonds. The minimum atomic E-state index is -0.394. The van der Waals surface area contributed by atoms with E-state index in [2.05, 4.69) is 28.8 Å². The smallest absolute Gasteiger partial charge is 0.313 e. The van der Waals surface area contributed by atoms with Gasteiger partial charge in [-0.1, -0.05) is 66.2 Å². The summed E-state index contributed by atoms with van der Waals surface area (Å²) in [5.74, 6) is 0.184. The molecule has 5 rings (SSSR count). The Morgan fingerprint density at radius 1 is 0.857 bits per heavy atom. The number of carbonyl (C=O) groups is 1. The zero-order chi connectivity index (χ0) is 24.4. The number of benzene rings is 4. The van der Waals surface area contributed by atoms with E-state index in [0.717, 1.165) is 44.2 Å². The second kappa shape index (κ2) is 9.85. The number of methoxy groups -OCH3 is 1. The summed E-state index contributed by atoms with van der Waals surface area (Å²) in [6.45, 7) is 2.82. The van der Waals surface area contributed by atoms with Crippen molar-refractivity contribution in [3.63, 3.8) is 0 Å². The zero-order valence-electron chi connectivity index (χ0n) is 19.7. The first-order valence-corrected chi connectivity index (χ1v) is 12.0. The fourth-order valence-electron chi connectivity index (χ4n) is 4.47. The number of ether oxygens (including phenoxy) is 2. The molecule has 0 fully saturated rings. The number of carbonyl (C=O) groups excluding carboxylic acids is 1. The van der Waals surface area contributed by atoms with Crippen LogP contribution in [0.4, 0.5) is 0 Å². The van der Waals surface area contributed by atoms with E-state index in [9.17, 15) is 4.79 Å². The van der Waals surface area contributed by atoms with E-state index in [-0.39, 0.29) is 12.6 Å². The van der Waals surface area contributed by atoms with Crippen LogP contribution in [0, 0.1) is 0 Å². The van der Waals surface area contributed by atoms with Crippen molar-refractivity contribution in [2.75, 3.05) is 7.11 Å². The Bertz CT molecular complexity index is 1510. The van der Waals surface area contributed by atoms with E-state index in [0.29, 0.717) is 11.6 Å². The molecule has 1 heterocycles. The molecule has 0 N–H and O–H groups in total.